The van der Waals surface area contributed by atoms with Crippen molar-refractivity contribution < 1.29 is 9.26 Å². The molecule has 0 bridgehead atoms. The molecule has 0 saturated heterocycles. The third-order valence-electron chi connectivity index (χ3n) is 3.45. The van der Waals surface area contributed by atoms with Gasteiger partial charge >= 0.3 is 0 Å². The second kappa shape index (κ2) is 8.90. The van der Waals surface area contributed by atoms with Crippen molar-refractivity contribution in [2.45, 2.75) is 32.7 Å². The average Bonchev–Trinajstić information content (AvgIpc) is 3.07. The minimum Gasteiger partial charge on any atom is -0.497 e. The van der Waals surface area contributed by atoms with Crippen molar-refractivity contribution in [2.75, 3.05) is 20.7 Å². The van der Waals surface area contributed by atoms with Gasteiger partial charge in [0.2, 0.25) is 5.89 Å². The zero-order valence-electron chi connectivity index (χ0n) is 14.7. The Balaban J connectivity index is 1.77. The Labute approximate surface area is 142 Å². The molecule has 0 saturated carbocycles. The van der Waals surface area contributed by atoms with Crippen LogP contribution in [0.25, 0.3) is 0 Å². The number of guanidine groups is 1. The number of hydrogen-bond acceptors (Lipinski definition) is 5. The Kier molecular flexibility index (Phi) is 6.60. The van der Waals surface area contributed by atoms with Gasteiger partial charge in [0, 0.05) is 32.5 Å². The highest BCUT2D eigenvalue weighted by atomic mass is 16.5. The van der Waals surface area contributed by atoms with E-state index in [-0.39, 0.29) is 5.92 Å². The lowest BCUT2D eigenvalue weighted by Gasteiger charge is -2.11. The topological polar surface area (TPSA) is 84.6 Å². The average molecular weight is 331 g/mol. The fourth-order valence-corrected chi connectivity index (χ4v) is 2.08. The highest BCUT2D eigenvalue weighted by molar-refractivity contribution is 5.79. The molecule has 0 atom stereocenters. The Hall–Kier alpha value is -2.57. The van der Waals surface area contributed by atoms with Gasteiger partial charge in [-0.2, -0.15) is 4.98 Å². The molecule has 1 heterocycles. The summed E-state index contributed by atoms with van der Waals surface area (Å²) in [6, 6.07) is 7.92. The lowest BCUT2D eigenvalue weighted by Crippen LogP contribution is -2.37. The zero-order chi connectivity index (χ0) is 17.4. The first kappa shape index (κ1) is 17.8. The molecular formula is C17H25N5O2. The van der Waals surface area contributed by atoms with Crippen LogP contribution in [0.15, 0.2) is 33.8 Å². The zero-order valence-corrected chi connectivity index (χ0v) is 14.7. The quantitative estimate of drug-likeness (QED) is 0.597. The standard InChI is InChI=1S/C17H25N5O2/c1-12(2)16-21-15(24-22-16)8-9-19-17(18-3)20-11-13-6-5-7-14(10-13)23-4/h5-7,10,12H,8-9,11H2,1-4H3,(H2,18,19,20). The Morgan fingerprint density at radius 3 is 2.83 bits per heavy atom. The van der Waals surface area contributed by atoms with Crippen LogP contribution in [0.1, 0.15) is 37.0 Å². The number of nitrogens with zero attached hydrogens (tertiary/aromatic N) is 3. The molecule has 0 aliphatic rings. The first-order chi connectivity index (χ1) is 11.6. The number of aromatic nitrogens is 2. The van der Waals surface area contributed by atoms with Gasteiger partial charge < -0.3 is 19.9 Å². The van der Waals surface area contributed by atoms with Crippen LogP contribution in [0.5, 0.6) is 5.75 Å². The van der Waals surface area contributed by atoms with E-state index >= 15 is 0 Å². The first-order valence-corrected chi connectivity index (χ1v) is 8.02. The molecule has 1 aromatic carbocycles. The van der Waals surface area contributed by atoms with E-state index in [1.165, 1.54) is 0 Å². The van der Waals surface area contributed by atoms with Gasteiger partial charge in [-0.3, -0.25) is 4.99 Å². The van der Waals surface area contributed by atoms with Crippen molar-refractivity contribution in [2.24, 2.45) is 4.99 Å². The normalized spacial score (nSPS) is 11.6. The van der Waals surface area contributed by atoms with Gasteiger partial charge in [0.1, 0.15) is 5.75 Å². The predicted molar refractivity (Wildman–Crippen MR) is 93.3 cm³/mol. The van der Waals surface area contributed by atoms with E-state index in [2.05, 4.69) is 25.8 Å². The van der Waals surface area contributed by atoms with E-state index in [1.807, 2.05) is 38.1 Å². The Morgan fingerprint density at radius 2 is 2.17 bits per heavy atom. The van der Waals surface area contributed by atoms with Gasteiger partial charge in [-0.05, 0) is 17.7 Å². The van der Waals surface area contributed by atoms with E-state index < -0.39 is 0 Å². The number of methoxy groups -OCH3 is 1. The third-order valence-corrected chi connectivity index (χ3v) is 3.45. The maximum Gasteiger partial charge on any atom is 0.228 e. The molecule has 2 rings (SSSR count). The van der Waals surface area contributed by atoms with Crippen LogP contribution in [0.2, 0.25) is 0 Å². The monoisotopic (exact) mass is 331 g/mol. The number of aliphatic imine (C=N–C) groups is 1. The number of benzene rings is 1. The van der Waals surface area contributed by atoms with Gasteiger partial charge in [0.05, 0.1) is 7.11 Å². The molecule has 0 amide bonds. The molecule has 7 nitrogen and oxygen atoms in total. The van der Waals surface area contributed by atoms with Crippen molar-refractivity contribution in [3.05, 3.63) is 41.5 Å². The van der Waals surface area contributed by atoms with E-state index in [0.717, 1.165) is 23.1 Å². The van der Waals surface area contributed by atoms with Crippen molar-refractivity contribution in [3.63, 3.8) is 0 Å². The first-order valence-electron chi connectivity index (χ1n) is 8.02. The van der Waals surface area contributed by atoms with Crippen molar-refractivity contribution in [3.8, 4) is 5.75 Å². The van der Waals surface area contributed by atoms with Gasteiger partial charge in [0.25, 0.3) is 0 Å². The Morgan fingerprint density at radius 1 is 1.33 bits per heavy atom. The Bertz CT molecular complexity index is 667. The molecule has 2 aromatic rings. The van der Waals surface area contributed by atoms with Crippen LogP contribution in [-0.4, -0.2) is 36.8 Å². The molecule has 0 unspecified atom stereocenters. The van der Waals surface area contributed by atoms with Crippen LogP contribution in [0, 0.1) is 0 Å². The number of ether oxygens (including phenoxy) is 1. The second-order valence-electron chi connectivity index (χ2n) is 5.66. The van der Waals surface area contributed by atoms with E-state index in [1.54, 1.807) is 14.2 Å². The van der Waals surface area contributed by atoms with Gasteiger partial charge in [0.15, 0.2) is 11.8 Å². The fourth-order valence-electron chi connectivity index (χ4n) is 2.08. The number of nitrogens with one attached hydrogen (secondary N) is 2. The van der Waals surface area contributed by atoms with E-state index in [0.29, 0.717) is 25.4 Å². The highest BCUT2D eigenvalue weighted by Gasteiger charge is 2.09. The molecule has 1 aromatic heterocycles. The summed E-state index contributed by atoms with van der Waals surface area (Å²) in [5, 5.41) is 10.5. The lowest BCUT2D eigenvalue weighted by atomic mass is 10.2. The lowest BCUT2D eigenvalue weighted by molar-refractivity contribution is 0.371. The molecule has 0 aliphatic carbocycles. The fraction of sp³-hybridized carbons (Fsp3) is 0.471. The molecule has 0 spiro atoms. The number of hydrogen-bond donors (Lipinski definition) is 2. The summed E-state index contributed by atoms with van der Waals surface area (Å²) in [5.41, 5.74) is 1.12. The molecule has 24 heavy (non-hydrogen) atoms. The SMILES string of the molecule is CN=C(NCCc1nc(C(C)C)no1)NCc1cccc(OC)c1. The van der Waals surface area contributed by atoms with Crippen LogP contribution in [-0.2, 0) is 13.0 Å². The molecule has 0 aliphatic heterocycles. The molecule has 2 N–H and O–H groups in total. The van der Waals surface area contributed by atoms with Crippen molar-refractivity contribution in [1.82, 2.24) is 20.8 Å². The minimum atomic E-state index is 0.271. The molecule has 0 radical (unpaired) electrons. The van der Waals surface area contributed by atoms with E-state index in [4.69, 9.17) is 9.26 Å². The number of rotatable bonds is 7. The van der Waals surface area contributed by atoms with Gasteiger partial charge in [-0.25, -0.2) is 0 Å². The summed E-state index contributed by atoms with van der Waals surface area (Å²) < 4.78 is 10.4. The van der Waals surface area contributed by atoms with Crippen molar-refractivity contribution >= 4 is 5.96 Å². The smallest absolute Gasteiger partial charge is 0.228 e. The summed E-state index contributed by atoms with van der Waals surface area (Å²) in [5.74, 6) is 3.21. The largest absolute Gasteiger partial charge is 0.497 e. The van der Waals surface area contributed by atoms with Crippen LogP contribution < -0.4 is 15.4 Å². The summed E-state index contributed by atoms with van der Waals surface area (Å²) in [6.07, 6.45) is 0.652. The molecule has 130 valence electrons. The van der Waals surface area contributed by atoms with Gasteiger partial charge in [-0.1, -0.05) is 31.1 Å². The van der Waals surface area contributed by atoms with Crippen LogP contribution in [0.4, 0.5) is 0 Å². The summed E-state index contributed by atoms with van der Waals surface area (Å²) in [6.45, 7) is 5.40. The van der Waals surface area contributed by atoms with E-state index in [9.17, 15) is 0 Å². The maximum atomic E-state index is 5.22. The van der Waals surface area contributed by atoms with Gasteiger partial charge in [-0.15, -0.1) is 0 Å². The highest BCUT2D eigenvalue weighted by Crippen LogP contribution is 2.12. The van der Waals surface area contributed by atoms with Crippen LogP contribution in [0.3, 0.4) is 0 Å². The molecular weight excluding hydrogens is 306 g/mol. The predicted octanol–water partition coefficient (Wildman–Crippen LogP) is 2.11. The second-order valence-corrected chi connectivity index (χ2v) is 5.66. The van der Waals surface area contributed by atoms with Crippen molar-refractivity contribution in [1.29, 1.82) is 0 Å². The summed E-state index contributed by atoms with van der Waals surface area (Å²) in [7, 11) is 3.40. The molecule has 0 fully saturated rings. The van der Waals surface area contributed by atoms with Crippen LogP contribution >= 0.6 is 0 Å². The summed E-state index contributed by atoms with van der Waals surface area (Å²) >= 11 is 0. The molecule has 7 heteroatoms. The third kappa shape index (κ3) is 5.26. The summed E-state index contributed by atoms with van der Waals surface area (Å²) in [4.78, 5) is 8.56. The minimum absolute atomic E-state index is 0.271. The maximum absolute atomic E-state index is 5.22.